The lowest BCUT2D eigenvalue weighted by molar-refractivity contribution is 0.596. The van der Waals surface area contributed by atoms with Gasteiger partial charge in [-0.05, 0) is 24.2 Å². The van der Waals surface area contributed by atoms with Gasteiger partial charge < -0.3 is 10.3 Å². The molecule has 1 unspecified atom stereocenters. The standard InChI is InChI=1S/C8H10BrNOS/c1-2-12(11)8-4-6(9)3-7(10)5-8/h3-5H,2,10H2,1H3. The average Bonchev–Trinajstić information content (AvgIpc) is 2.01. The highest BCUT2D eigenvalue weighted by Crippen LogP contribution is 2.21. The molecule has 1 rings (SSSR count). The molecule has 4 heteroatoms. The Labute approximate surface area is 83.5 Å². The first kappa shape index (κ1) is 9.89. The maximum absolute atomic E-state index is 11.4. The first-order valence-electron chi connectivity index (χ1n) is 3.58. The summed E-state index contributed by atoms with van der Waals surface area (Å²) in [7, 11) is 0. The summed E-state index contributed by atoms with van der Waals surface area (Å²) < 4.78 is 12.2. The topological polar surface area (TPSA) is 49.1 Å². The fourth-order valence-electron chi connectivity index (χ4n) is 0.883. The third-order valence-electron chi connectivity index (χ3n) is 1.42. The molecule has 0 heterocycles. The van der Waals surface area contributed by atoms with Crippen molar-refractivity contribution in [2.75, 3.05) is 11.5 Å². The van der Waals surface area contributed by atoms with Crippen LogP contribution in [0.15, 0.2) is 27.6 Å². The largest absolute Gasteiger partial charge is 0.611 e. The summed E-state index contributed by atoms with van der Waals surface area (Å²) in [5, 5.41) is 0. The number of benzene rings is 1. The Morgan fingerprint density at radius 2 is 2.17 bits per heavy atom. The van der Waals surface area contributed by atoms with Crippen LogP contribution in [0.2, 0.25) is 0 Å². The van der Waals surface area contributed by atoms with Crippen molar-refractivity contribution >= 4 is 32.8 Å². The van der Waals surface area contributed by atoms with Gasteiger partial charge in [-0.25, -0.2) is 0 Å². The van der Waals surface area contributed by atoms with Gasteiger partial charge in [0.25, 0.3) is 0 Å². The molecule has 0 aliphatic rings. The van der Waals surface area contributed by atoms with E-state index in [0.717, 1.165) is 9.37 Å². The normalized spacial score (nSPS) is 12.9. The minimum Gasteiger partial charge on any atom is -0.611 e. The van der Waals surface area contributed by atoms with E-state index in [1.54, 1.807) is 12.1 Å². The molecule has 0 saturated heterocycles. The van der Waals surface area contributed by atoms with E-state index in [2.05, 4.69) is 15.9 Å². The molecule has 1 aromatic rings. The van der Waals surface area contributed by atoms with Gasteiger partial charge in [-0.3, -0.25) is 0 Å². The zero-order valence-electron chi connectivity index (χ0n) is 6.71. The lowest BCUT2D eigenvalue weighted by Gasteiger charge is -2.08. The van der Waals surface area contributed by atoms with Gasteiger partial charge >= 0.3 is 0 Å². The zero-order chi connectivity index (χ0) is 9.14. The van der Waals surface area contributed by atoms with E-state index >= 15 is 0 Å². The average molecular weight is 248 g/mol. The highest BCUT2D eigenvalue weighted by atomic mass is 79.9. The SMILES string of the molecule is CC[S+]([O-])c1cc(N)cc(Br)c1. The predicted molar refractivity (Wildman–Crippen MR) is 55.5 cm³/mol. The highest BCUT2D eigenvalue weighted by molar-refractivity contribution is 9.10. The predicted octanol–water partition coefficient (Wildman–Crippen LogP) is 2.16. The second kappa shape index (κ2) is 4.16. The van der Waals surface area contributed by atoms with Gasteiger partial charge in [0.2, 0.25) is 0 Å². The van der Waals surface area contributed by atoms with E-state index in [4.69, 9.17) is 5.73 Å². The fourth-order valence-corrected chi connectivity index (χ4v) is 2.40. The first-order chi connectivity index (χ1) is 5.63. The third kappa shape index (κ3) is 2.40. The molecule has 0 aliphatic carbocycles. The number of anilines is 1. The summed E-state index contributed by atoms with van der Waals surface area (Å²) in [6.07, 6.45) is 0. The maximum Gasteiger partial charge on any atom is 0.155 e. The van der Waals surface area contributed by atoms with Crippen molar-refractivity contribution in [2.45, 2.75) is 11.8 Å². The molecule has 0 spiro atoms. The summed E-state index contributed by atoms with van der Waals surface area (Å²) in [5.74, 6) is 0.621. The van der Waals surface area contributed by atoms with Crippen molar-refractivity contribution in [1.82, 2.24) is 0 Å². The summed E-state index contributed by atoms with van der Waals surface area (Å²) in [5.41, 5.74) is 6.23. The van der Waals surface area contributed by atoms with Gasteiger partial charge in [0, 0.05) is 22.3 Å². The minimum absolute atomic E-state index is 0.621. The molecule has 2 N–H and O–H groups in total. The molecule has 0 aromatic heterocycles. The van der Waals surface area contributed by atoms with Crippen LogP contribution in [-0.2, 0) is 11.2 Å². The van der Waals surface area contributed by atoms with Gasteiger partial charge in [-0.2, -0.15) is 0 Å². The van der Waals surface area contributed by atoms with Crippen LogP contribution in [-0.4, -0.2) is 10.3 Å². The third-order valence-corrected chi connectivity index (χ3v) is 3.16. The minimum atomic E-state index is -0.921. The summed E-state index contributed by atoms with van der Waals surface area (Å²) in [6, 6.07) is 5.36. The molecular formula is C8H10BrNOS. The van der Waals surface area contributed by atoms with Crippen molar-refractivity contribution in [2.24, 2.45) is 0 Å². The molecule has 0 radical (unpaired) electrons. The number of halogens is 1. The Hall–Kier alpha value is -0.190. The zero-order valence-corrected chi connectivity index (χ0v) is 9.11. The van der Waals surface area contributed by atoms with Gasteiger partial charge in [0.15, 0.2) is 4.90 Å². The van der Waals surface area contributed by atoms with Crippen LogP contribution in [0, 0.1) is 0 Å². The van der Waals surface area contributed by atoms with Crippen LogP contribution in [0.3, 0.4) is 0 Å². The van der Waals surface area contributed by atoms with Crippen LogP contribution in [0.4, 0.5) is 5.69 Å². The number of rotatable bonds is 2. The quantitative estimate of drug-likeness (QED) is 0.644. The van der Waals surface area contributed by atoms with Crippen LogP contribution >= 0.6 is 15.9 Å². The second-order valence-electron chi connectivity index (χ2n) is 2.35. The molecule has 1 atom stereocenters. The number of hydrogen-bond donors (Lipinski definition) is 1. The number of hydrogen-bond acceptors (Lipinski definition) is 2. The van der Waals surface area contributed by atoms with E-state index in [1.165, 1.54) is 0 Å². The van der Waals surface area contributed by atoms with E-state index in [0.29, 0.717) is 11.4 Å². The molecule has 0 fully saturated rings. The van der Waals surface area contributed by atoms with E-state index in [-0.39, 0.29) is 0 Å². The molecule has 0 amide bonds. The molecular weight excluding hydrogens is 238 g/mol. The molecule has 0 saturated carbocycles. The van der Waals surface area contributed by atoms with Crippen molar-refractivity contribution in [3.63, 3.8) is 0 Å². The van der Waals surface area contributed by atoms with Crippen LogP contribution in [0.1, 0.15) is 6.92 Å². The molecule has 12 heavy (non-hydrogen) atoms. The Morgan fingerprint density at radius 3 is 2.67 bits per heavy atom. The number of nitrogen functional groups attached to an aromatic ring is 1. The van der Waals surface area contributed by atoms with Crippen molar-refractivity contribution < 1.29 is 4.55 Å². The molecule has 0 bridgehead atoms. The summed E-state index contributed by atoms with van der Waals surface area (Å²) in [4.78, 5) is 0.782. The van der Waals surface area contributed by atoms with E-state index in [1.807, 2.05) is 13.0 Å². The van der Waals surface area contributed by atoms with Gasteiger partial charge in [0.05, 0.1) is 0 Å². The lowest BCUT2D eigenvalue weighted by Crippen LogP contribution is -2.04. The molecule has 2 nitrogen and oxygen atoms in total. The van der Waals surface area contributed by atoms with Crippen LogP contribution in [0.25, 0.3) is 0 Å². The van der Waals surface area contributed by atoms with Gasteiger partial charge in [-0.15, -0.1) is 0 Å². The monoisotopic (exact) mass is 247 g/mol. The smallest absolute Gasteiger partial charge is 0.155 e. The number of nitrogens with two attached hydrogens (primary N) is 1. The fraction of sp³-hybridized carbons (Fsp3) is 0.250. The summed E-state index contributed by atoms with van der Waals surface area (Å²) in [6.45, 7) is 1.88. The van der Waals surface area contributed by atoms with E-state index < -0.39 is 11.2 Å². The Bertz CT molecular complexity index is 260. The highest BCUT2D eigenvalue weighted by Gasteiger charge is 2.08. The maximum atomic E-state index is 11.4. The molecule has 0 aliphatic heterocycles. The lowest BCUT2D eigenvalue weighted by atomic mass is 10.3. The molecule has 1 aromatic carbocycles. The first-order valence-corrected chi connectivity index (χ1v) is 5.69. The summed E-state index contributed by atoms with van der Waals surface area (Å²) >= 11 is 2.38. The van der Waals surface area contributed by atoms with Crippen molar-refractivity contribution in [1.29, 1.82) is 0 Å². The Balaban J connectivity index is 3.00. The Kier molecular flexibility index (Phi) is 3.43. The van der Waals surface area contributed by atoms with Crippen molar-refractivity contribution in [3.05, 3.63) is 22.7 Å². The van der Waals surface area contributed by atoms with Crippen molar-refractivity contribution in [3.8, 4) is 0 Å². The molecule has 66 valence electrons. The second-order valence-corrected chi connectivity index (χ2v) is 5.01. The van der Waals surface area contributed by atoms with Crippen LogP contribution in [0.5, 0.6) is 0 Å². The van der Waals surface area contributed by atoms with Gasteiger partial charge in [-0.1, -0.05) is 15.9 Å². The van der Waals surface area contributed by atoms with E-state index in [9.17, 15) is 4.55 Å². The van der Waals surface area contributed by atoms with Gasteiger partial charge in [0.1, 0.15) is 5.75 Å². The van der Waals surface area contributed by atoms with Crippen LogP contribution < -0.4 is 5.73 Å². The Morgan fingerprint density at radius 1 is 1.50 bits per heavy atom.